The van der Waals surface area contributed by atoms with Crippen molar-refractivity contribution in [3.8, 4) is 17.1 Å². The zero-order chi connectivity index (χ0) is 22.6. The van der Waals surface area contributed by atoms with Crippen LogP contribution in [0.1, 0.15) is 5.56 Å². The van der Waals surface area contributed by atoms with Crippen molar-refractivity contribution in [2.45, 2.75) is 17.4 Å². The van der Waals surface area contributed by atoms with Gasteiger partial charge in [-0.25, -0.2) is 8.42 Å². The van der Waals surface area contributed by atoms with E-state index < -0.39 is 22.0 Å². The van der Waals surface area contributed by atoms with Crippen LogP contribution < -0.4 is 4.72 Å². The second-order valence-electron chi connectivity index (χ2n) is 6.96. The number of carboxylic acid groups (broad SMARTS) is 1. The smallest absolute Gasteiger partial charge is 0.322 e. The van der Waals surface area contributed by atoms with E-state index >= 15 is 0 Å². The summed E-state index contributed by atoms with van der Waals surface area (Å²) in [5.41, 5.74) is 2.03. The molecule has 9 nitrogen and oxygen atoms in total. The maximum Gasteiger partial charge on any atom is 0.322 e. The standard InChI is InChI=1S/C22H19N5O4S/c28-22(29)20(15-16-7-3-1-4-8-16)25-32(30,31)19-13-11-18(12-14-19)27-24-21(23-26-27)17-9-5-2-6-10-17/h1-14,20,25H,15H2,(H,28,29). The number of hydrogen-bond acceptors (Lipinski definition) is 6. The number of rotatable bonds is 8. The van der Waals surface area contributed by atoms with Gasteiger partial charge in [-0.3, -0.25) is 4.79 Å². The van der Waals surface area contributed by atoms with Crippen molar-refractivity contribution < 1.29 is 18.3 Å². The normalized spacial score (nSPS) is 12.4. The first-order valence-electron chi connectivity index (χ1n) is 9.67. The van der Waals surface area contributed by atoms with Gasteiger partial charge in [0.25, 0.3) is 0 Å². The molecule has 0 saturated heterocycles. The Kier molecular flexibility index (Phi) is 6.06. The molecule has 10 heteroatoms. The topological polar surface area (TPSA) is 127 Å². The Balaban J connectivity index is 1.51. The summed E-state index contributed by atoms with van der Waals surface area (Å²) >= 11 is 0. The third kappa shape index (κ3) is 4.88. The fourth-order valence-corrected chi connectivity index (χ4v) is 4.26. The van der Waals surface area contributed by atoms with Gasteiger partial charge in [0.05, 0.1) is 10.6 Å². The van der Waals surface area contributed by atoms with Crippen LogP contribution >= 0.6 is 0 Å². The molecule has 0 fully saturated rings. The first-order chi connectivity index (χ1) is 15.4. The molecule has 0 aliphatic heterocycles. The van der Waals surface area contributed by atoms with Gasteiger partial charge in [0.1, 0.15) is 6.04 Å². The summed E-state index contributed by atoms with van der Waals surface area (Å²) in [5.74, 6) is -0.816. The Hall–Kier alpha value is -3.89. The van der Waals surface area contributed by atoms with Gasteiger partial charge in [-0.1, -0.05) is 60.7 Å². The van der Waals surface area contributed by atoms with Crippen LogP contribution in [0.15, 0.2) is 89.8 Å². The molecule has 2 N–H and O–H groups in total. The molecule has 4 aromatic rings. The minimum absolute atomic E-state index is 0.0264. The molecule has 32 heavy (non-hydrogen) atoms. The zero-order valence-corrected chi connectivity index (χ0v) is 17.6. The molecule has 0 radical (unpaired) electrons. The summed E-state index contributed by atoms with van der Waals surface area (Å²) in [6, 6.07) is 22.6. The van der Waals surface area contributed by atoms with E-state index in [0.717, 1.165) is 5.56 Å². The van der Waals surface area contributed by atoms with Gasteiger partial charge in [0.2, 0.25) is 15.8 Å². The highest BCUT2D eigenvalue weighted by molar-refractivity contribution is 7.89. The quantitative estimate of drug-likeness (QED) is 0.422. The van der Waals surface area contributed by atoms with E-state index in [1.807, 2.05) is 30.3 Å². The molecule has 3 aromatic carbocycles. The van der Waals surface area contributed by atoms with E-state index in [-0.39, 0.29) is 11.3 Å². The molecular weight excluding hydrogens is 430 g/mol. The number of tetrazole rings is 1. The summed E-state index contributed by atoms with van der Waals surface area (Å²) in [4.78, 5) is 12.8. The van der Waals surface area contributed by atoms with Crippen molar-refractivity contribution in [1.29, 1.82) is 0 Å². The fourth-order valence-electron chi connectivity index (χ4n) is 3.07. The highest BCUT2D eigenvalue weighted by Gasteiger charge is 2.25. The predicted octanol–water partition coefficient (Wildman–Crippen LogP) is 2.30. The molecule has 162 valence electrons. The Morgan fingerprint density at radius 3 is 2.19 bits per heavy atom. The maximum absolute atomic E-state index is 12.7. The van der Waals surface area contributed by atoms with E-state index in [2.05, 4.69) is 20.1 Å². The lowest BCUT2D eigenvalue weighted by Crippen LogP contribution is -2.42. The lowest BCUT2D eigenvalue weighted by Gasteiger charge is -2.15. The van der Waals surface area contributed by atoms with Crippen molar-refractivity contribution in [2.24, 2.45) is 0 Å². The van der Waals surface area contributed by atoms with Crippen LogP contribution in [-0.4, -0.2) is 45.7 Å². The van der Waals surface area contributed by atoms with Gasteiger partial charge < -0.3 is 5.11 Å². The molecule has 1 aromatic heterocycles. The van der Waals surface area contributed by atoms with Gasteiger partial charge >= 0.3 is 5.97 Å². The highest BCUT2D eigenvalue weighted by Crippen LogP contribution is 2.16. The first-order valence-corrected chi connectivity index (χ1v) is 11.2. The van der Waals surface area contributed by atoms with Crippen molar-refractivity contribution in [1.82, 2.24) is 24.9 Å². The second-order valence-corrected chi connectivity index (χ2v) is 8.68. The lowest BCUT2D eigenvalue weighted by atomic mass is 10.1. The number of sulfonamides is 1. The van der Waals surface area contributed by atoms with Crippen LogP contribution in [0.3, 0.4) is 0 Å². The maximum atomic E-state index is 12.7. The summed E-state index contributed by atoms with van der Waals surface area (Å²) in [5, 5.41) is 21.8. The Bertz CT molecular complexity index is 1310. The number of carboxylic acids is 1. The number of carbonyl (C=O) groups is 1. The third-order valence-corrected chi connectivity index (χ3v) is 6.19. The average molecular weight is 449 g/mol. The molecule has 0 spiro atoms. The van der Waals surface area contributed by atoms with Crippen molar-refractivity contribution >= 4 is 16.0 Å². The van der Waals surface area contributed by atoms with E-state index in [1.54, 1.807) is 30.3 Å². The lowest BCUT2D eigenvalue weighted by molar-refractivity contribution is -0.138. The summed E-state index contributed by atoms with van der Waals surface area (Å²) in [6.45, 7) is 0. The van der Waals surface area contributed by atoms with Gasteiger partial charge in [-0.2, -0.15) is 4.72 Å². The minimum atomic E-state index is -4.06. The molecule has 0 aliphatic rings. The second kappa shape index (κ2) is 9.08. The first kappa shape index (κ1) is 21.3. The van der Waals surface area contributed by atoms with Gasteiger partial charge in [-0.05, 0) is 41.5 Å². The Morgan fingerprint density at radius 2 is 1.56 bits per heavy atom. The zero-order valence-electron chi connectivity index (χ0n) is 16.7. The highest BCUT2D eigenvalue weighted by atomic mass is 32.2. The Labute approximate surface area is 184 Å². The average Bonchev–Trinajstić information content (AvgIpc) is 3.30. The van der Waals surface area contributed by atoms with Crippen molar-refractivity contribution in [2.75, 3.05) is 0 Å². The van der Waals surface area contributed by atoms with Crippen LogP contribution in [-0.2, 0) is 21.2 Å². The molecule has 0 aliphatic carbocycles. The summed E-state index contributed by atoms with van der Waals surface area (Å²) < 4.78 is 27.8. The SMILES string of the molecule is O=C(O)C(Cc1ccccc1)NS(=O)(=O)c1ccc(-n2nnc(-c3ccccc3)n2)cc1. The number of nitrogens with one attached hydrogen (secondary N) is 1. The molecule has 4 rings (SSSR count). The van der Waals surface area contributed by atoms with E-state index in [9.17, 15) is 18.3 Å². The molecule has 1 unspecified atom stereocenters. The number of nitrogens with zero attached hydrogens (tertiary/aromatic N) is 4. The van der Waals surface area contributed by atoms with Crippen LogP contribution in [0.4, 0.5) is 0 Å². The summed E-state index contributed by atoms with van der Waals surface area (Å²) in [6.07, 6.45) is 0.0264. The molecular formula is C22H19N5O4S. The molecule has 0 amide bonds. The van der Waals surface area contributed by atoms with E-state index in [4.69, 9.17) is 0 Å². The van der Waals surface area contributed by atoms with Gasteiger partial charge in [-0.15, -0.1) is 15.0 Å². The van der Waals surface area contributed by atoms with Gasteiger partial charge in [0, 0.05) is 5.56 Å². The number of benzene rings is 3. The van der Waals surface area contributed by atoms with Crippen molar-refractivity contribution in [3.05, 3.63) is 90.5 Å². The van der Waals surface area contributed by atoms with Crippen molar-refractivity contribution in [3.63, 3.8) is 0 Å². The van der Waals surface area contributed by atoms with E-state index in [0.29, 0.717) is 17.1 Å². The summed E-state index contributed by atoms with van der Waals surface area (Å²) in [7, 11) is -4.06. The van der Waals surface area contributed by atoms with Crippen LogP contribution in [0.5, 0.6) is 0 Å². The van der Waals surface area contributed by atoms with Crippen LogP contribution in [0.25, 0.3) is 17.1 Å². The minimum Gasteiger partial charge on any atom is -0.480 e. The van der Waals surface area contributed by atoms with Crippen LogP contribution in [0.2, 0.25) is 0 Å². The van der Waals surface area contributed by atoms with Gasteiger partial charge in [0.15, 0.2) is 0 Å². The number of aromatic nitrogens is 4. The predicted molar refractivity (Wildman–Crippen MR) is 116 cm³/mol. The van der Waals surface area contributed by atoms with Crippen LogP contribution in [0, 0.1) is 0 Å². The Morgan fingerprint density at radius 1 is 0.938 bits per heavy atom. The molecule has 0 bridgehead atoms. The third-order valence-electron chi connectivity index (χ3n) is 4.70. The molecule has 1 heterocycles. The van der Waals surface area contributed by atoms with E-state index in [1.165, 1.54) is 29.1 Å². The fraction of sp³-hybridized carbons (Fsp3) is 0.0909. The largest absolute Gasteiger partial charge is 0.480 e. The number of hydrogen-bond donors (Lipinski definition) is 2. The molecule has 0 saturated carbocycles. The number of aliphatic carboxylic acids is 1. The molecule has 1 atom stereocenters. The monoisotopic (exact) mass is 449 g/mol.